The summed E-state index contributed by atoms with van der Waals surface area (Å²) < 4.78 is 26.8. The third kappa shape index (κ3) is 2.84. The Hall–Kier alpha value is -2.24. The van der Waals surface area contributed by atoms with Crippen LogP contribution in [-0.2, 0) is 0 Å². The number of hydrogen-bond acceptors (Lipinski definition) is 4. The predicted octanol–water partition coefficient (Wildman–Crippen LogP) is 3.51. The number of aromatic nitrogens is 2. The Morgan fingerprint density at radius 1 is 1.20 bits per heavy atom. The van der Waals surface area contributed by atoms with Crippen LogP contribution in [0.1, 0.15) is 31.2 Å². The summed E-state index contributed by atoms with van der Waals surface area (Å²) in [5, 5.41) is 2.77. The van der Waals surface area contributed by atoms with Crippen LogP contribution in [0.2, 0.25) is 0 Å². The molecule has 0 saturated carbocycles. The van der Waals surface area contributed by atoms with Crippen LogP contribution in [0.15, 0.2) is 18.2 Å². The first kappa shape index (κ1) is 14.2. The van der Waals surface area contributed by atoms with Gasteiger partial charge in [-0.05, 0) is 19.1 Å². The third-order valence-electron chi connectivity index (χ3n) is 2.90. The van der Waals surface area contributed by atoms with Gasteiger partial charge in [-0.25, -0.2) is 18.7 Å². The molecule has 20 heavy (non-hydrogen) atoms. The average molecular weight is 278 g/mol. The molecule has 0 amide bonds. The lowest BCUT2D eigenvalue weighted by molar-refractivity contribution is 0.603. The fourth-order valence-electron chi connectivity index (χ4n) is 1.65. The number of nitrogen functional groups attached to an aromatic ring is 1. The van der Waals surface area contributed by atoms with Crippen LogP contribution in [-0.4, -0.2) is 9.97 Å². The molecule has 0 radical (unpaired) electrons. The van der Waals surface area contributed by atoms with Gasteiger partial charge in [0, 0.05) is 17.5 Å². The van der Waals surface area contributed by atoms with E-state index in [1.54, 1.807) is 6.92 Å². The second kappa shape index (κ2) is 5.40. The molecule has 1 heterocycles. The van der Waals surface area contributed by atoms with Gasteiger partial charge in [-0.2, -0.15) is 0 Å². The zero-order valence-corrected chi connectivity index (χ0v) is 11.5. The van der Waals surface area contributed by atoms with E-state index in [9.17, 15) is 8.78 Å². The van der Waals surface area contributed by atoms with E-state index in [1.807, 2.05) is 13.8 Å². The number of nitrogens with one attached hydrogen (secondary N) is 1. The zero-order valence-electron chi connectivity index (χ0n) is 11.5. The molecule has 1 aromatic heterocycles. The van der Waals surface area contributed by atoms with Crippen LogP contribution >= 0.6 is 0 Å². The number of rotatable bonds is 3. The van der Waals surface area contributed by atoms with E-state index in [4.69, 9.17) is 5.73 Å². The van der Waals surface area contributed by atoms with Crippen molar-refractivity contribution in [3.63, 3.8) is 0 Å². The highest BCUT2D eigenvalue weighted by molar-refractivity contribution is 5.64. The summed E-state index contributed by atoms with van der Waals surface area (Å²) in [4.78, 5) is 8.48. The first-order valence-electron chi connectivity index (χ1n) is 6.24. The normalized spacial score (nSPS) is 10.9. The van der Waals surface area contributed by atoms with E-state index in [2.05, 4.69) is 15.3 Å². The lowest BCUT2D eigenvalue weighted by atomic mass is 10.2. The summed E-state index contributed by atoms with van der Waals surface area (Å²) in [5.74, 6) is 0.240. The molecule has 106 valence electrons. The van der Waals surface area contributed by atoms with Crippen molar-refractivity contribution in [1.29, 1.82) is 0 Å². The van der Waals surface area contributed by atoms with Gasteiger partial charge in [0.1, 0.15) is 29.1 Å². The third-order valence-corrected chi connectivity index (χ3v) is 2.90. The Morgan fingerprint density at radius 2 is 1.90 bits per heavy atom. The molecular formula is C14H16F2N4. The SMILES string of the molecule is Cc1c(N)nc(C(C)C)nc1Nc1cc(F)ccc1F. The van der Waals surface area contributed by atoms with Crippen molar-refractivity contribution in [3.05, 3.63) is 41.2 Å². The number of benzene rings is 1. The fourth-order valence-corrected chi connectivity index (χ4v) is 1.65. The van der Waals surface area contributed by atoms with Gasteiger partial charge in [-0.15, -0.1) is 0 Å². The molecule has 0 aliphatic carbocycles. The summed E-state index contributed by atoms with van der Waals surface area (Å²) >= 11 is 0. The van der Waals surface area contributed by atoms with Crippen molar-refractivity contribution >= 4 is 17.3 Å². The second-order valence-corrected chi connectivity index (χ2v) is 4.84. The van der Waals surface area contributed by atoms with Crippen LogP contribution in [0.4, 0.5) is 26.1 Å². The number of nitrogens with two attached hydrogens (primary N) is 1. The van der Waals surface area contributed by atoms with E-state index in [1.165, 1.54) is 0 Å². The molecule has 0 aliphatic rings. The van der Waals surface area contributed by atoms with Crippen LogP contribution in [0.25, 0.3) is 0 Å². The van der Waals surface area contributed by atoms with Crippen LogP contribution in [0.5, 0.6) is 0 Å². The van der Waals surface area contributed by atoms with Crippen LogP contribution < -0.4 is 11.1 Å². The molecule has 0 atom stereocenters. The van der Waals surface area contributed by atoms with Crippen molar-refractivity contribution in [3.8, 4) is 0 Å². The van der Waals surface area contributed by atoms with Gasteiger partial charge in [-0.3, -0.25) is 0 Å². The minimum Gasteiger partial charge on any atom is -0.383 e. The van der Waals surface area contributed by atoms with Crippen molar-refractivity contribution in [2.45, 2.75) is 26.7 Å². The molecule has 0 unspecified atom stereocenters. The molecule has 0 aliphatic heterocycles. The Morgan fingerprint density at radius 3 is 2.55 bits per heavy atom. The second-order valence-electron chi connectivity index (χ2n) is 4.84. The maximum Gasteiger partial charge on any atom is 0.146 e. The average Bonchev–Trinajstić information content (AvgIpc) is 2.38. The smallest absolute Gasteiger partial charge is 0.146 e. The van der Waals surface area contributed by atoms with Gasteiger partial charge in [0.2, 0.25) is 0 Å². The van der Waals surface area contributed by atoms with Crippen molar-refractivity contribution in [2.24, 2.45) is 0 Å². The summed E-state index contributed by atoms with van der Waals surface area (Å²) in [6, 6.07) is 3.18. The monoisotopic (exact) mass is 278 g/mol. The first-order chi connectivity index (χ1) is 9.38. The lowest BCUT2D eigenvalue weighted by Crippen LogP contribution is -2.08. The van der Waals surface area contributed by atoms with Crippen LogP contribution in [0.3, 0.4) is 0 Å². The van der Waals surface area contributed by atoms with Gasteiger partial charge in [0.25, 0.3) is 0 Å². The number of nitrogens with zero attached hydrogens (tertiary/aromatic N) is 2. The Bertz CT molecular complexity index is 641. The molecule has 0 saturated heterocycles. The largest absolute Gasteiger partial charge is 0.383 e. The van der Waals surface area contributed by atoms with Gasteiger partial charge in [-0.1, -0.05) is 13.8 Å². The van der Waals surface area contributed by atoms with E-state index in [-0.39, 0.29) is 11.6 Å². The van der Waals surface area contributed by atoms with E-state index in [0.717, 1.165) is 18.2 Å². The molecule has 1 aromatic carbocycles. The minimum atomic E-state index is -0.561. The quantitative estimate of drug-likeness (QED) is 0.901. The molecule has 0 bridgehead atoms. The molecule has 0 fully saturated rings. The maximum atomic E-state index is 13.6. The topological polar surface area (TPSA) is 63.8 Å². The molecule has 2 aromatic rings. The predicted molar refractivity (Wildman–Crippen MR) is 74.9 cm³/mol. The van der Waals surface area contributed by atoms with Gasteiger partial charge in [0.15, 0.2) is 0 Å². The summed E-state index contributed by atoms with van der Waals surface area (Å²) in [7, 11) is 0. The van der Waals surface area contributed by atoms with Gasteiger partial charge < -0.3 is 11.1 Å². The van der Waals surface area contributed by atoms with E-state index < -0.39 is 11.6 Å². The molecule has 0 spiro atoms. The molecule has 6 heteroatoms. The standard InChI is InChI=1S/C14H16F2N4/c1-7(2)13-19-12(17)8(3)14(20-13)18-11-6-9(15)4-5-10(11)16/h4-7H,1-3H3,(H3,17,18,19,20). The van der Waals surface area contributed by atoms with Crippen molar-refractivity contribution in [1.82, 2.24) is 9.97 Å². The zero-order chi connectivity index (χ0) is 14.9. The van der Waals surface area contributed by atoms with Crippen molar-refractivity contribution < 1.29 is 8.78 Å². The Balaban J connectivity index is 2.45. The van der Waals surface area contributed by atoms with Gasteiger partial charge >= 0.3 is 0 Å². The number of hydrogen-bond donors (Lipinski definition) is 2. The summed E-state index contributed by atoms with van der Waals surface area (Å²) in [5.41, 5.74) is 6.43. The molecule has 3 N–H and O–H groups in total. The van der Waals surface area contributed by atoms with Gasteiger partial charge in [0.05, 0.1) is 5.69 Å². The van der Waals surface area contributed by atoms with Crippen molar-refractivity contribution in [2.75, 3.05) is 11.1 Å². The minimum absolute atomic E-state index is 0.0147. The highest BCUT2D eigenvalue weighted by atomic mass is 19.1. The molecule has 4 nitrogen and oxygen atoms in total. The summed E-state index contributed by atoms with van der Waals surface area (Å²) in [6.07, 6.45) is 0. The van der Waals surface area contributed by atoms with E-state index >= 15 is 0 Å². The number of halogens is 2. The maximum absolute atomic E-state index is 13.6. The highest BCUT2D eigenvalue weighted by Gasteiger charge is 2.13. The fraction of sp³-hybridized carbons (Fsp3) is 0.286. The number of anilines is 3. The Labute approximate surface area is 116 Å². The Kier molecular flexibility index (Phi) is 3.83. The lowest BCUT2D eigenvalue weighted by Gasteiger charge is -2.14. The first-order valence-corrected chi connectivity index (χ1v) is 6.24. The highest BCUT2D eigenvalue weighted by Crippen LogP contribution is 2.26. The van der Waals surface area contributed by atoms with Crippen LogP contribution in [0, 0.1) is 18.6 Å². The molecular weight excluding hydrogens is 262 g/mol. The van der Waals surface area contributed by atoms with E-state index in [0.29, 0.717) is 23.0 Å². The molecule has 2 rings (SSSR count). The summed E-state index contributed by atoms with van der Waals surface area (Å²) in [6.45, 7) is 5.58.